The van der Waals surface area contributed by atoms with Crippen molar-refractivity contribution in [1.29, 1.82) is 0 Å². The van der Waals surface area contributed by atoms with Gasteiger partial charge < -0.3 is 0 Å². The first-order chi connectivity index (χ1) is 5.88. The topological polar surface area (TPSA) is 55.7 Å². The number of rotatable bonds is 0. The van der Waals surface area contributed by atoms with Gasteiger partial charge in [-0.05, 0) is 12.1 Å². The van der Waals surface area contributed by atoms with Gasteiger partial charge in [0.1, 0.15) is 6.33 Å². The number of fused-ring (bicyclic) bond motifs is 1. The van der Waals surface area contributed by atoms with Crippen LogP contribution in [-0.2, 0) is 0 Å². The minimum absolute atomic E-state index is 0.296. The van der Waals surface area contributed by atoms with Gasteiger partial charge in [-0.3, -0.25) is 4.79 Å². The average Bonchev–Trinajstić information content (AvgIpc) is 2.29. The van der Waals surface area contributed by atoms with Gasteiger partial charge in [0.25, 0.3) is 5.56 Å². The number of aromatic nitrogens is 3. The molecule has 12 heavy (non-hydrogen) atoms. The Balaban J connectivity index is 3.06. The van der Waals surface area contributed by atoms with Crippen LogP contribution < -0.4 is 5.56 Å². The molecule has 2 rings (SSSR count). The fraction of sp³-hybridized carbons (Fsp3) is 0. The highest BCUT2D eigenvalue weighted by Gasteiger charge is 1.94. The minimum atomic E-state index is -0.296. The molecule has 0 saturated carbocycles. The lowest BCUT2D eigenvalue weighted by molar-refractivity contribution is 1.04. The van der Waals surface area contributed by atoms with Crippen LogP contribution in [0, 0.1) is 0 Å². The molecule has 1 aromatic heterocycles. The van der Waals surface area contributed by atoms with E-state index in [-0.39, 0.29) is 5.56 Å². The lowest BCUT2D eigenvalue weighted by atomic mass is 10.2. The summed E-state index contributed by atoms with van der Waals surface area (Å²) in [5.74, 6) is 0. The second kappa shape index (κ2) is 2.65. The molecule has 58 valence electrons. The van der Waals surface area contributed by atoms with Crippen LogP contribution in [0.4, 0.5) is 0 Å². The van der Waals surface area contributed by atoms with E-state index in [1.807, 2.05) is 0 Å². The molecule has 0 radical (unpaired) electrons. The van der Waals surface area contributed by atoms with Crippen molar-refractivity contribution in [3.05, 3.63) is 40.9 Å². The van der Waals surface area contributed by atoms with Crippen molar-refractivity contribution >= 4 is 10.9 Å². The molecule has 4 heteroatoms. The Kier molecular flexibility index (Phi) is 1.51. The fourth-order valence-corrected chi connectivity index (χ4v) is 0.978. The molecule has 0 N–H and O–H groups in total. The zero-order valence-electron chi connectivity index (χ0n) is 6.14. The van der Waals surface area contributed by atoms with Crippen LogP contribution >= 0.6 is 0 Å². The lowest BCUT2D eigenvalue weighted by Gasteiger charge is -1.83. The van der Waals surface area contributed by atoms with E-state index in [0.717, 1.165) is 6.33 Å². The van der Waals surface area contributed by atoms with E-state index in [9.17, 15) is 4.79 Å². The van der Waals surface area contributed by atoms with Crippen molar-refractivity contribution in [3.8, 4) is 0 Å². The van der Waals surface area contributed by atoms with Crippen molar-refractivity contribution in [2.24, 2.45) is 0 Å². The Morgan fingerprint density at radius 3 is 2.92 bits per heavy atom. The third-order valence-corrected chi connectivity index (χ3v) is 1.53. The Hall–Kier alpha value is -1.84. The number of hydrogen-bond donors (Lipinski definition) is 0. The van der Waals surface area contributed by atoms with E-state index < -0.39 is 0 Å². The van der Waals surface area contributed by atoms with Gasteiger partial charge in [0.15, 0.2) is 0 Å². The third-order valence-electron chi connectivity index (χ3n) is 1.53. The first-order valence-corrected chi connectivity index (χ1v) is 3.45. The van der Waals surface area contributed by atoms with Crippen LogP contribution in [0.1, 0.15) is 0 Å². The minimum Gasteiger partial charge on any atom is -0.267 e. The van der Waals surface area contributed by atoms with E-state index in [1.54, 1.807) is 24.3 Å². The molecule has 0 amide bonds. The van der Waals surface area contributed by atoms with E-state index in [2.05, 4.69) is 15.2 Å². The van der Waals surface area contributed by atoms with Crippen LogP contribution in [0.5, 0.6) is 0 Å². The molecule has 0 unspecified atom stereocenters. The maximum absolute atomic E-state index is 11.2. The van der Waals surface area contributed by atoms with Crippen LogP contribution in [0.25, 0.3) is 10.9 Å². The first kappa shape index (κ1) is 6.84. The standard InChI is InChI=1S/C8H5N3O/c12-8-6-3-1-2-4-7(6)11-10-5-9-8/h1-5H. The molecule has 1 heterocycles. The summed E-state index contributed by atoms with van der Waals surface area (Å²) in [5.41, 5.74) is 0.274. The van der Waals surface area contributed by atoms with Gasteiger partial charge in [-0.1, -0.05) is 12.1 Å². The summed E-state index contributed by atoms with van der Waals surface area (Å²) in [7, 11) is 0. The van der Waals surface area contributed by atoms with Gasteiger partial charge in [-0.2, -0.15) is 4.98 Å². The SMILES string of the molecule is O=c1ncnnc2ccccc12. The Morgan fingerprint density at radius 2 is 2.00 bits per heavy atom. The van der Waals surface area contributed by atoms with Crippen molar-refractivity contribution in [1.82, 2.24) is 15.2 Å². The Morgan fingerprint density at radius 1 is 1.17 bits per heavy atom. The Bertz CT molecular complexity index is 469. The van der Waals surface area contributed by atoms with Crippen LogP contribution in [-0.4, -0.2) is 15.2 Å². The highest BCUT2D eigenvalue weighted by Crippen LogP contribution is 2.01. The maximum atomic E-state index is 11.2. The lowest BCUT2D eigenvalue weighted by Crippen LogP contribution is -2.00. The molecule has 0 aliphatic carbocycles. The second-order valence-corrected chi connectivity index (χ2v) is 2.28. The zero-order valence-corrected chi connectivity index (χ0v) is 6.14. The molecule has 0 spiro atoms. The predicted octanol–water partition coefficient (Wildman–Crippen LogP) is 0.385. The van der Waals surface area contributed by atoms with Crippen LogP contribution in [0.3, 0.4) is 0 Å². The van der Waals surface area contributed by atoms with Gasteiger partial charge in [-0.15, -0.1) is 10.2 Å². The van der Waals surface area contributed by atoms with Crippen molar-refractivity contribution in [3.63, 3.8) is 0 Å². The highest BCUT2D eigenvalue weighted by molar-refractivity contribution is 5.76. The summed E-state index contributed by atoms with van der Waals surface area (Å²) >= 11 is 0. The maximum Gasteiger partial charge on any atom is 0.280 e. The average molecular weight is 159 g/mol. The second-order valence-electron chi connectivity index (χ2n) is 2.28. The molecule has 0 aliphatic heterocycles. The van der Waals surface area contributed by atoms with Crippen molar-refractivity contribution in [2.75, 3.05) is 0 Å². The van der Waals surface area contributed by atoms with Crippen LogP contribution in [0.2, 0.25) is 0 Å². The number of nitrogens with zero attached hydrogens (tertiary/aromatic N) is 3. The quantitative estimate of drug-likeness (QED) is 0.557. The summed E-state index contributed by atoms with van der Waals surface area (Å²) in [6, 6.07) is 6.98. The molecule has 0 bridgehead atoms. The monoisotopic (exact) mass is 159 g/mol. The van der Waals surface area contributed by atoms with Crippen LogP contribution in [0.15, 0.2) is 35.4 Å². The number of hydrogen-bond acceptors (Lipinski definition) is 4. The molecule has 2 aromatic rings. The third kappa shape index (κ3) is 1.03. The van der Waals surface area contributed by atoms with Gasteiger partial charge in [0, 0.05) is 0 Å². The largest absolute Gasteiger partial charge is 0.280 e. The molecule has 0 aliphatic rings. The molecule has 1 aromatic carbocycles. The van der Waals surface area contributed by atoms with Crippen molar-refractivity contribution in [2.45, 2.75) is 0 Å². The summed E-state index contributed by atoms with van der Waals surface area (Å²) in [6.45, 7) is 0. The van der Waals surface area contributed by atoms with E-state index >= 15 is 0 Å². The smallest absolute Gasteiger partial charge is 0.267 e. The molecular weight excluding hydrogens is 154 g/mol. The Labute approximate surface area is 67.9 Å². The summed E-state index contributed by atoms with van der Waals surface area (Å²) in [4.78, 5) is 14.7. The van der Waals surface area contributed by atoms with Gasteiger partial charge >= 0.3 is 0 Å². The van der Waals surface area contributed by atoms with Gasteiger partial charge in [0.05, 0.1) is 10.9 Å². The molecule has 0 fully saturated rings. The van der Waals surface area contributed by atoms with Crippen molar-refractivity contribution < 1.29 is 0 Å². The zero-order chi connectivity index (χ0) is 8.39. The summed E-state index contributed by atoms with van der Waals surface area (Å²) in [6.07, 6.45) is 1.16. The predicted molar refractivity (Wildman–Crippen MR) is 43.6 cm³/mol. The summed E-state index contributed by atoms with van der Waals surface area (Å²) in [5, 5.41) is 7.86. The molecule has 0 atom stereocenters. The van der Waals surface area contributed by atoms with E-state index in [1.165, 1.54) is 0 Å². The molecule has 4 nitrogen and oxygen atoms in total. The normalized spacial score (nSPS) is 10.0. The highest BCUT2D eigenvalue weighted by atomic mass is 16.1. The first-order valence-electron chi connectivity index (χ1n) is 3.45. The summed E-state index contributed by atoms with van der Waals surface area (Å²) < 4.78 is 0. The fourth-order valence-electron chi connectivity index (χ4n) is 0.978. The van der Waals surface area contributed by atoms with Gasteiger partial charge in [0.2, 0.25) is 0 Å². The molecular formula is C8H5N3O. The molecule has 0 saturated heterocycles. The number of benzene rings is 1. The van der Waals surface area contributed by atoms with Gasteiger partial charge in [-0.25, -0.2) is 0 Å². The van der Waals surface area contributed by atoms with E-state index in [0.29, 0.717) is 10.9 Å². The van der Waals surface area contributed by atoms with E-state index in [4.69, 9.17) is 0 Å².